The van der Waals surface area contributed by atoms with Gasteiger partial charge in [-0.3, -0.25) is 9.78 Å². The third-order valence-corrected chi connectivity index (χ3v) is 4.70. The molecule has 1 N–H and O–H groups in total. The summed E-state index contributed by atoms with van der Waals surface area (Å²) >= 11 is 0. The molecule has 0 bridgehead atoms. The Morgan fingerprint density at radius 2 is 1.81 bits per heavy atom. The third kappa shape index (κ3) is 5.78. The third-order valence-electron chi connectivity index (χ3n) is 4.70. The van der Waals surface area contributed by atoms with Crippen LogP contribution in [0.1, 0.15) is 61.6 Å². The minimum atomic E-state index is -0.508. The van der Waals surface area contributed by atoms with Gasteiger partial charge in [-0.25, -0.2) is 4.79 Å². The minimum absolute atomic E-state index is 0.0701. The van der Waals surface area contributed by atoms with Gasteiger partial charge in [-0.05, 0) is 44.7 Å². The lowest BCUT2D eigenvalue weighted by Crippen LogP contribution is -2.36. The Morgan fingerprint density at radius 3 is 2.52 bits per heavy atom. The van der Waals surface area contributed by atoms with Gasteiger partial charge in [0.25, 0.3) is 5.91 Å². The number of benzene rings is 1. The number of amides is 1. The first kappa shape index (κ1) is 20.9. The van der Waals surface area contributed by atoms with Crippen LogP contribution >= 0.6 is 0 Å². The van der Waals surface area contributed by atoms with E-state index in [1.807, 2.05) is 38.1 Å². The molecule has 0 spiro atoms. The second kappa shape index (κ2) is 9.49. The fourth-order valence-corrected chi connectivity index (χ4v) is 3.26. The number of carbonyl (C=O) groups excluding carboxylic acids is 2. The average molecular weight is 370 g/mol. The van der Waals surface area contributed by atoms with E-state index in [9.17, 15) is 9.59 Å². The largest absolute Gasteiger partial charge is 0.452 e. The quantitative estimate of drug-likeness (QED) is 0.702. The van der Waals surface area contributed by atoms with Crippen molar-refractivity contribution in [1.82, 2.24) is 10.3 Å². The Labute approximate surface area is 161 Å². The number of ether oxygens (including phenoxy) is 1. The molecule has 1 aromatic heterocycles. The second-order valence-electron chi connectivity index (χ2n) is 7.58. The number of aryl methyl sites for hydroxylation is 2. The first-order chi connectivity index (χ1) is 12.8. The molecule has 1 atom stereocenters. The van der Waals surface area contributed by atoms with Crippen LogP contribution in [0.3, 0.4) is 0 Å². The Morgan fingerprint density at radius 1 is 1.11 bits per heavy atom. The van der Waals surface area contributed by atoms with E-state index in [1.54, 1.807) is 6.92 Å². The Bertz CT molecular complexity index is 815. The van der Waals surface area contributed by atoms with E-state index in [1.165, 1.54) is 0 Å². The minimum Gasteiger partial charge on any atom is -0.452 e. The number of nitrogens with zero attached hydrogens (tertiary/aromatic N) is 1. The summed E-state index contributed by atoms with van der Waals surface area (Å²) in [6, 6.07) is 7.74. The highest BCUT2D eigenvalue weighted by Crippen LogP contribution is 2.23. The number of esters is 1. The van der Waals surface area contributed by atoms with E-state index in [0.717, 1.165) is 35.7 Å². The monoisotopic (exact) mass is 370 g/mol. The van der Waals surface area contributed by atoms with Crippen molar-refractivity contribution in [1.29, 1.82) is 0 Å². The van der Waals surface area contributed by atoms with Gasteiger partial charge in [0.1, 0.15) is 0 Å². The van der Waals surface area contributed by atoms with Gasteiger partial charge in [-0.15, -0.1) is 0 Å². The standard InChI is InChI=1S/C22H30N2O3/c1-14(2)9-8-10-15(3)23-20(25)13-27-22(26)21-16(4)18-11-6-7-12-19(18)24-17(21)5/h6-7,11-12,14-15H,8-10,13H2,1-5H3,(H,23,25). The number of para-hydroxylation sites is 1. The summed E-state index contributed by atoms with van der Waals surface area (Å²) in [5.74, 6) is -0.119. The van der Waals surface area contributed by atoms with Crippen LogP contribution in [0.2, 0.25) is 0 Å². The van der Waals surface area contributed by atoms with Gasteiger partial charge in [-0.1, -0.05) is 44.9 Å². The van der Waals surface area contributed by atoms with Crippen LogP contribution in [0, 0.1) is 19.8 Å². The molecule has 0 aliphatic heterocycles. The molecule has 5 nitrogen and oxygen atoms in total. The number of hydrogen-bond donors (Lipinski definition) is 1. The normalized spacial score (nSPS) is 12.2. The van der Waals surface area contributed by atoms with Crippen molar-refractivity contribution < 1.29 is 14.3 Å². The summed E-state index contributed by atoms with van der Waals surface area (Å²) in [6.45, 7) is 9.74. The van der Waals surface area contributed by atoms with Crippen LogP contribution in [0.4, 0.5) is 0 Å². The van der Waals surface area contributed by atoms with Crippen molar-refractivity contribution in [2.24, 2.45) is 5.92 Å². The van der Waals surface area contributed by atoms with Gasteiger partial charge in [-0.2, -0.15) is 0 Å². The van der Waals surface area contributed by atoms with Gasteiger partial charge < -0.3 is 10.1 Å². The number of carbonyl (C=O) groups is 2. The number of rotatable bonds is 8. The second-order valence-corrected chi connectivity index (χ2v) is 7.58. The predicted molar refractivity (Wildman–Crippen MR) is 108 cm³/mol. The molecule has 2 rings (SSSR count). The van der Waals surface area contributed by atoms with Crippen molar-refractivity contribution in [2.75, 3.05) is 6.61 Å². The van der Waals surface area contributed by atoms with Gasteiger partial charge in [0.2, 0.25) is 0 Å². The van der Waals surface area contributed by atoms with E-state index in [0.29, 0.717) is 17.2 Å². The lowest BCUT2D eigenvalue weighted by atomic mass is 10.0. The zero-order valence-electron chi connectivity index (χ0n) is 17.0. The highest BCUT2D eigenvalue weighted by molar-refractivity contribution is 5.99. The number of hydrogen-bond acceptors (Lipinski definition) is 4. The number of aromatic nitrogens is 1. The van der Waals surface area contributed by atoms with Crippen LogP contribution in [0.5, 0.6) is 0 Å². The molecule has 0 radical (unpaired) electrons. The van der Waals surface area contributed by atoms with Crippen molar-refractivity contribution >= 4 is 22.8 Å². The van der Waals surface area contributed by atoms with Gasteiger partial charge in [0.05, 0.1) is 16.8 Å². The fourth-order valence-electron chi connectivity index (χ4n) is 3.26. The molecule has 1 amide bonds. The van der Waals surface area contributed by atoms with E-state index >= 15 is 0 Å². The van der Waals surface area contributed by atoms with Gasteiger partial charge in [0.15, 0.2) is 6.61 Å². The molecule has 2 aromatic rings. The summed E-state index contributed by atoms with van der Waals surface area (Å²) in [5, 5.41) is 3.80. The molecule has 0 fully saturated rings. The Kier molecular flexibility index (Phi) is 7.34. The molecule has 0 saturated carbocycles. The van der Waals surface area contributed by atoms with E-state index < -0.39 is 5.97 Å². The average Bonchev–Trinajstić information content (AvgIpc) is 2.59. The maximum absolute atomic E-state index is 12.5. The topological polar surface area (TPSA) is 68.3 Å². The van der Waals surface area contributed by atoms with Crippen LogP contribution in [0.25, 0.3) is 10.9 Å². The molecular formula is C22H30N2O3. The Hall–Kier alpha value is -2.43. The molecule has 5 heteroatoms. The number of fused-ring (bicyclic) bond motifs is 1. The summed E-state index contributed by atoms with van der Waals surface area (Å²) < 4.78 is 5.25. The Balaban J connectivity index is 1.94. The lowest BCUT2D eigenvalue weighted by molar-refractivity contribution is -0.124. The fraction of sp³-hybridized carbons (Fsp3) is 0.500. The van der Waals surface area contributed by atoms with E-state index in [2.05, 4.69) is 24.1 Å². The summed E-state index contributed by atoms with van der Waals surface area (Å²) in [6.07, 6.45) is 3.13. The lowest BCUT2D eigenvalue weighted by Gasteiger charge is -2.15. The molecule has 146 valence electrons. The molecule has 0 aliphatic carbocycles. The highest BCUT2D eigenvalue weighted by Gasteiger charge is 2.19. The predicted octanol–water partition coefficient (Wildman–Crippen LogP) is 4.34. The van der Waals surface area contributed by atoms with Crippen molar-refractivity contribution in [3.8, 4) is 0 Å². The molecular weight excluding hydrogens is 340 g/mol. The van der Waals surface area contributed by atoms with Crippen LogP contribution in [-0.4, -0.2) is 29.5 Å². The summed E-state index contributed by atoms with van der Waals surface area (Å²) in [7, 11) is 0. The maximum atomic E-state index is 12.5. The summed E-state index contributed by atoms with van der Waals surface area (Å²) in [5.41, 5.74) is 2.72. The van der Waals surface area contributed by atoms with Crippen LogP contribution in [0.15, 0.2) is 24.3 Å². The first-order valence-corrected chi connectivity index (χ1v) is 9.62. The summed E-state index contributed by atoms with van der Waals surface area (Å²) in [4.78, 5) is 29.1. The molecule has 0 saturated heterocycles. The van der Waals surface area contributed by atoms with Crippen LogP contribution < -0.4 is 5.32 Å². The first-order valence-electron chi connectivity index (χ1n) is 9.62. The SMILES string of the molecule is Cc1nc2ccccc2c(C)c1C(=O)OCC(=O)NC(C)CCCC(C)C. The maximum Gasteiger partial charge on any atom is 0.340 e. The van der Waals surface area contributed by atoms with Gasteiger partial charge >= 0.3 is 5.97 Å². The van der Waals surface area contributed by atoms with Crippen molar-refractivity contribution in [2.45, 2.75) is 59.9 Å². The highest BCUT2D eigenvalue weighted by atomic mass is 16.5. The number of pyridine rings is 1. The molecule has 0 aliphatic rings. The van der Waals surface area contributed by atoms with E-state index in [-0.39, 0.29) is 18.6 Å². The van der Waals surface area contributed by atoms with Crippen LogP contribution in [-0.2, 0) is 9.53 Å². The molecule has 1 heterocycles. The van der Waals surface area contributed by atoms with Crippen molar-refractivity contribution in [3.05, 3.63) is 41.1 Å². The molecule has 27 heavy (non-hydrogen) atoms. The zero-order valence-corrected chi connectivity index (χ0v) is 17.0. The zero-order chi connectivity index (χ0) is 20.0. The molecule has 1 aromatic carbocycles. The van der Waals surface area contributed by atoms with Gasteiger partial charge in [0, 0.05) is 11.4 Å². The number of nitrogens with one attached hydrogen (secondary N) is 1. The molecule has 1 unspecified atom stereocenters. The van der Waals surface area contributed by atoms with Crippen molar-refractivity contribution in [3.63, 3.8) is 0 Å². The smallest absolute Gasteiger partial charge is 0.340 e. The van der Waals surface area contributed by atoms with E-state index in [4.69, 9.17) is 4.74 Å².